The van der Waals surface area contributed by atoms with Gasteiger partial charge in [-0.1, -0.05) is 18.5 Å². The van der Waals surface area contributed by atoms with Gasteiger partial charge in [-0.15, -0.1) is 0 Å². The number of benzene rings is 1. The molecule has 1 aliphatic rings. The number of hydrogen-bond acceptors (Lipinski definition) is 3. The number of methoxy groups -OCH3 is 1. The fraction of sp³-hybridized carbons (Fsp3) is 0.588. The molecule has 4 heteroatoms. The van der Waals surface area contributed by atoms with Crippen molar-refractivity contribution in [2.75, 3.05) is 26.7 Å². The van der Waals surface area contributed by atoms with Crippen molar-refractivity contribution < 1.29 is 9.53 Å². The molecule has 0 bridgehead atoms. The lowest BCUT2D eigenvalue weighted by molar-refractivity contribution is 0.0896. The fourth-order valence-corrected chi connectivity index (χ4v) is 3.08. The molecule has 0 spiro atoms. The number of carbonyl (C=O) groups is 1. The van der Waals surface area contributed by atoms with Crippen LogP contribution >= 0.6 is 11.6 Å². The molecule has 21 heavy (non-hydrogen) atoms. The highest BCUT2D eigenvalue weighted by Gasteiger charge is 2.23. The van der Waals surface area contributed by atoms with E-state index >= 15 is 0 Å². The molecule has 0 saturated carbocycles. The molecule has 1 saturated heterocycles. The lowest BCUT2D eigenvalue weighted by Crippen LogP contribution is -2.37. The van der Waals surface area contributed by atoms with Gasteiger partial charge in [0, 0.05) is 5.02 Å². The number of hydrogen-bond donors (Lipinski definition) is 0. The summed E-state index contributed by atoms with van der Waals surface area (Å²) in [4.78, 5) is 14.9. The molecule has 0 amide bonds. The number of halogens is 1. The van der Waals surface area contributed by atoms with E-state index in [4.69, 9.17) is 16.3 Å². The predicted molar refractivity (Wildman–Crippen MR) is 86.6 cm³/mol. The number of likely N-dealkylation sites (tertiary alicyclic amines) is 1. The number of rotatable bonds is 4. The van der Waals surface area contributed by atoms with Gasteiger partial charge in [-0.05, 0) is 62.9 Å². The quantitative estimate of drug-likeness (QED) is 0.791. The molecule has 116 valence electrons. The molecule has 1 heterocycles. The highest BCUT2D eigenvalue weighted by molar-refractivity contribution is 6.32. The van der Waals surface area contributed by atoms with Crippen LogP contribution in [-0.4, -0.2) is 37.4 Å². The Morgan fingerprint density at radius 3 is 2.57 bits per heavy atom. The van der Waals surface area contributed by atoms with Crippen LogP contribution in [0.2, 0.25) is 5.02 Å². The maximum absolute atomic E-state index is 12.7. The lowest BCUT2D eigenvalue weighted by atomic mass is 9.97. The van der Waals surface area contributed by atoms with E-state index in [2.05, 4.69) is 11.8 Å². The third-order valence-corrected chi connectivity index (χ3v) is 4.97. The third-order valence-electron chi connectivity index (χ3n) is 4.39. The van der Waals surface area contributed by atoms with Gasteiger partial charge in [0.15, 0.2) is 5.78 Å². The summed E-state index contributed by atoms with van der Waals surface area (Å²) < 4.78 is 5.39. The molecule has 0 N–H and O–H groups in total. The van der Waals surface area contributed by atoms with E-state index in [0.717, 1.165) is 43.0 Å². The van der Waals surface area contributed by atoms with Crippen molar-refractivity contribution in [1.29, 1.82) is 0 Å². The summed E-state index contributed by atoms with van der Waals surface area (Å²) in [5.41, 5.74) is 2.39. The van der Waals surface area contributed by atoms with Crippen LogP contribution in [0.5, 0.6) is 5.75 Å². The van der Waals surface area contributed by atoms with E-state index in [-0.39, 0.29) is 5.78 Å². The van der Waals surface area contributed by atoms with Gasteiger partial charge in [0.25, 0.3) is 0 Å². The van der Waals surface area contributed by atoms with Crippen molar-refractivity contribution in [2.45, 2.75) is 33.6 Å². The van der Waals surface area contributed by atoms with Gasteiger partial charge in [-0.2, -0.15) is 0 Å². The first-order chi connectivity index (χ1) is 9.93. The van der Waals surface area contributed by atoms with Crippen LogP contribution in [0.1, 0.15) is 41.3 Å². The maximum atomic E-state index is 12.7. The number of piperidine rings is 1. The number of nitrogens with zero attached hydrogens (tertiary/aromatic N) is 1. The topological polar surface area (TPSA) is 29.5 Å². The van der Waals surface area contributed by atoms with Crippen molar-refractivity contribution in [2.24, 2.45) is 5.92 Å². The van der Waals surface area contributed by atoms with Crippen LogP contribution in [0, 0.1) is 19.8 Å². The minimum absolute atomic E-state index is 0.0980. The second-order valence-electron chi connectivity index (χ2n) is 6.09. The summed E-state index contributed by atoms with van der Waals surface area (Å²) in [5.74, 6) is 1.49. The van der Waals surface area contributed by atoms with Gasteiger partial charge >= 0.3 is 0 Å². The van der Waals surface area contributed by atoms with E-state index < -0.39 is 0 Å². The molecule has 0 atom stereocenters. The van der Waals surface area contributed by atoms with Gasteiger partial charge in [-0.3, -0.25) is 9.69 Å². The Balaban J connectivity index is 2.21. The lowest BCUT2D eigenvalue weighted by Gasteiger charge is -2.29. The summed E-state index contributed by atoms with van der Waals surface area (Å²) >= 11 is 6.30. The van der Waals surface area contributed by atoms with Crippen molar-refractivity contribution in [3.05, 3.63) is 27.8 Å². The van der Waals surface area contributed by atoms with Crippen molar-refractivity contribution >= 4 is 17.4 Å². The summed E-state index contributed by atoms with van der Waals surface area (Å²) in [5, 5.41) is 0.659. The molecule has 0 radical (unpaired) electrons. The Morgan fingerprint density at radius 1 is 1.38 bits per heavy atom. The summed E-state index contributed by atoms with van der Waals surface area (Å²) in [7, 11) is 1.60. The zero-order valence-electron chi connectivity index (χ0n) is 13.3. The largest absolute Gasteiger partial charge is 0.496 e. The Labute approximate surface area is 132 Å². The molecular formula is C17H24ClNO2. The van der Waals surface area contributed by atoms with E-state index in [1.54, 1.807) is 7.11 Å². The fourth-order valence-electron chi connectivity index (χ4n) is 2.93. The average Bonchev–Trinajstić information content (AvgIpc) is 2.46. The molecule has 1 aliphatic heterocycles. The highest BCUT2D eigenvalue weighted by Crippen LogP contribution is 2.32. The molecule has 0 unspecified atom stereocenters. The van der Waals surface area contributed by atoms with Crippen molar-refractivity contribution in [3.63, 3.8) is 0 Å². The van der Waals surface area contributed by atoms with E-state index in [1.165, 1.54) is 0 Å². The third kappa shape index (κ3) is 3.58. The van der Waals surface area contributed by atoms with Gasteiger partial charge in [0.2, 0.25) is 0 Å². The Kier molecular flexibility index (Phi) is 5.28. The molecule has 1 aromatic carbocycles. The Morgan fingerprint density at radius 2 is 2.00 bits per heavy atom. The summed E-state index contributed by atoms with van der Waals surface area (Å²) in [6, 6.07) is 1.85. The summed E-state index contributed by atoms with van der Waals surface area (Å²) in [6.45, 7) is 8.53. The molecular weight excluding hydrogens is 286 g/mol. The first-order valence-corrected chi connectivity index (χ1v) is 7.91. The monoisotopic (exact) mass is 309 g/mol. The van der Waals surface area contributed by atoms with Crippen LogP contribution in [0.4, 0.5) is 0 Å². The molecule has 0 aromatic heterocycles. The number of carbonyl (C=O) groups excluding carboxylic acids is 1. The molecule has 0 aliphatic carbocycles. The minimum Gasteiger partial charge on any atom is -0.496 e. The normalized spacial score (nSPS) is 17.0. The van der Waals surface area contributed by atoms with Gasteiger partial charge < -0.3 is 4.74 Å². The maximum Gasteiger partial charge on any atom is 0.180 e. The predicted octanol–water partition coefficient (Wildman–Crippen LogP) is 3.88. The summed E-state index contributed by atoms with van der Waals surface area (Å²) in [6.07, 6.45) is 2.33. The molecule has 3 nitrogen and oxygen atoms in total. The number of ketones is 1. The smallest absolute Gasteiger partial charge is 0.180 e. The number of ether oxygens (including phenoxy) is 1. The molecule has 2 rings (SSSR count). The second-order valence-corrected chi connectivity index (χ2v) is 6.47. The molecule has 1 aromatic rings. The average molecular weight is 310 g/mol. The Bertz CT molecular complexity index is 534. The first kappa shape index (κ1) is 16.3. The van der Waals surface area contributed by atoms with Gasteiger partial charge in [0.1, 0.15) is 5.75 Å². The van der Waals surface area contributed by atoms with Gasteiger partial charge in [-0.25, -0.2) is 0 Å². The van der Waals surface area contributed by atoms with Gasteiger partial charge in [0.05, 0.1) is 19.2 Å². The standard InChI is InChI=1S/C17H24ClNO2/c1-11-5-7-19(8-6-11)10-14(20)16-13(3)17(18)12(2)9-15(16)21-4/h9,11H,5-8,10H2,1-4H3. The van der Waals surface area contributed by atoms with E-state index in [9.17, 15) is 4.79 Å². The van der Waals surface area contributed by atoms with Crippen LogP contribution in [0.3, 0.4) is 0 Å². The number of Topliss-reactive ketones (excluding diaryl/α,β-unsaturated/α-hetero) is 1. The highest BCUT2D eigenvalue weighted by atomic mass is 35.5. The van der Waals surface area contributed by atoms with E-state index in [1.807, 2.05) is 19.9 Å². The van der Waals surface area contributed by atoms with Crippen LogP contribution in [0.25, 0.3) is 0 Å². The number of aryl methyl sites for hydroxylation is 1. The zero-order chi connectivity index (χ0) is 15.6. The first-order valence-electron chi connectivity index (χ1n) is 7.53. The minimum atomic E-state index is 0.0980. The van der Waals surface area contributed by atoms with Crippen molar-refractivity contribution in [3.8, 4) is 5.75 Å². The van der Waals surface area contributed by atoms with E-state index in [0.29, 0.717) is 22.9 Å². The molecule has 1 fully saturated rings. The van der Waals surface area contributed by atoms with Crippen LogP contribution < -0.4 is 4.74 Å². The Hall–Kier alpha value is -1.06. The second kappa shape index (κ2) is 6.80. The zero-order valence-corrected chi connectivity index (χ0v) is 14.1. The van der Waals surface area contributed by atoms with Crippen molar-refractivity contribution in [1.82, 2.24) is 4.90 Å². The van der Waals surface area contributed by atoms with Crippen LogP contribution in [0.15, 0.2) is 6.07 Å². The van der Waals surface area contributed by atoms with Crippen LogP contribution in [-0.2, 0) is 0 Å². The SMILES string of the molecule is COc1cc(C)c(Cl)c(C)c1C(=O)CN1CCC(C)CC1.